The highest BCUT2D eigenvalue weighted by molar-refractivity contribution is 9.11. The van der Waals surface area contributed by atoms with E-state index in [1.807, 2.05) is 0 Å². The summed E-state index contributed by atoms with van der Waals surface area (Å²) < 4.78 is 47.1. The summed E-state index contributed by atoms with van der Waals surface area (Å²) in [7, 11) is 0. The Labute approximate surface area is 103 Å². The molecule has 6 heteroatoms. The zero-order valence-electron chi connectivity index (χ0n) is 8.29. The second-order valence-electron chi connectivity index (χ2n) is 3.80. The molecule has 0 aliphatic carbocycles. The molecule has 0 amide bonds. The van der Waals surface area contributed by atoms with E-state index in [1.165, 1.54) is 12.1 Å². The molecule has 1 aromatic carbocycles. The van der Waals surface area contributed by atoms with Crippen LogP contribution in [0.2, 0.25) is 0 Å². The molecule has 0 N–H and O–H groups in total. The minimum absolute atomic E-state index is 0.182. The van der Waals surface area contributed by atoms with Crippen molar-refractivity contribution in [2.24, 2.45) is 0 Å². The van der Waals surface area contributed by atoms with Gasteiger partial charge in [0.1, 0.15) is 18.0 Å². The molecule has 2 bridgehead atoms. The van der Waals surface area contributed by atoms with Crippen molar-refractivity contribution in [3.8, 4) is 5.75 Å². The molecule has 17 heavy (non-hydrogen) atoms. The van der Waals surface area contributed by atoms with Gasteiger partial charge >= 0.3 is 6.36 Å². The minimum atomic E-state index is -4.68. The van der Waals surface area contributed by atoms with Gasteiger partial charge in [-0.25, -0.2) is 0 Å². The van der Waals surface area contributed by atoms with Crippen molar-refractivity contribution in [3.05, 3.63) is 39.9 Å². The van der Waals surface area contributed by atoms with Crippen LogP contribution in [0.15, 0.2) is 28.8 Å². The van der Waals surface area contributed by atoms with Crippen LogP contribution in [0.25, 0.3) is 0 Å². The van der Waals surface area contributed by atoms with Gasteiger partial charge in [0.2, 0.25) is 0 Å². The number of fused-ring (bicyclic) bond motifs is 5. The standard InChI is InChI=1S/C11H6BrF3O2/c12-6-4-8-9-5(10(6)16-8)2-1-3-7(9)17-11(13,14)15/h1-4,8,10H/t8-,10-/m1/s1. The summed E-state index contributed by atoms with van der Waals surface area (Å²) in [5, 5.41) is 0. The third kappa shape index (κ3) is 1.75. The van der Waals surface area contributed by atoms with Gasteiger partial charge in [-0.05, 0) is 17.7 Å². The number of alkyl halides is 3. The average molecular weight is 307 g/mol. The predicted molar refractivity (Wildman–Crippen MR) is 56.7 cm³/mol. The average Bonchev–Trinajstić information content (AvgIpc) is 2.72. The van der Waals surface area contributed by atoms with E-state index in [2.05, 4.69) is 20.7 Å². The molecule has 0 aromatic heterocycles. The molecular formula is C11H6BrF3O2. The molecule has 0 radical (unpaired) electrons. The molecule has 2 nitrogen and oxygen atoms in total. The lowest BCUT2D eigenvalue weighted by Crippen LogP contribution is -2.18. The molecule has 2 heterocycles. The maximum Gasteiger partial charge on any atom is 0.573 e. The highest BCUT2D eigenvalue weighted by Gasteiger charge is 2.42. The van der Waals surface area contributed by atoms with E-state index in [0.29, 0.717) is 5.56 Å². The van der Waals surface area contributed by atoms with Crippen molar-refractivity contribution in [1.82, 2.24) is 0 Å². The van der Waals surface area contributed by atoms with E-state index in [-0.39, 0.29) is 11.9 Å². The molecule has 0 spiro atoms. The second-order valence-corrected chi connectivity index (χ2v) is 4.71. The summed E-state index contributed by atoms with van der Waals surface area (Å²) in [6, 6.07) is 4.58. The fourth-order valence-corrected chi connectivity index (χ4v) is 2.76. The van der Waals surface area contributed by atoms with Gasteiger partial charge in [0.05, 0.1) is 0 Å². The lowest BCUT2D eigenvalue weighted by molar-refractivity contribution is -0.275. The van der Waals surface area contributed by atoms with Gasteiger partial charge in [0, 0.05) is 10.0 Å². The number of hydrogen-bond acceptors (Lipinski definition) is 2. The Kier molecular flexibility index (Phi) is 2.28. The van der Waals surface area contributed by atoms with Crippen molar-refractivity contribution < 1.29 is 22.6 Å². The van der Waals surface area contributed by atoms with Crippen LogP contribution in [0.1, 0.15) is 23.3 Å². The Bertz CT molecular complexity index is 510. The molecule has 90 valence electrons. The van der Waals surface area contributed by atoms with Gasteiger partial charge in [-0.3, -0.25) is 0 Å². The molecule has 0 saturated carbocycles. The Morgan fingerprint density at radius 3 is 2.76 bits per heavy atom. The lowest BCUT2D eigenvalue weighted by Gasteiger charge is -2.16. The second kappa shape index (κ2) is 3.49. The molecule has 2 aliphatic heterocycles. The smallest absolute Gasteiger partial charge is 0.405 e. The van der Waals surface area contributed by atoms with Crippen LogP contribution in [-0.2, 0) is 4.74 Å². The zero-order valence-corrected chi connectivity index (χ0v) is 9.88. The Hall–Kier alpha value is -1.01. The molecule has 1 aromatic rings. The Morgan fingerprint density at radius 1 is 1.29 bits per heavy atom. The highest BCUT2D eigenvalue weighted by Crippen LogP contribution is 2.54. The Morgan fingerprint density at radius 2 is 2.06 bits per heavy atom. The first-order chi connectivity index (χ1) is 7.96. The van der Waals surface area contributed by atoms with E-state index in [9.17, 15) is 13.2 Å². The van der Waals surface area contributed by atoms with Crippen LogP contribution in [0.3, 0.4) is 0 Å². The zero-order chi connectivity index (χ0) is 12.2. The predicted octanol–water partition coefficient (Wildman–Crippen LogP) is 3.99. The quantitative estimate of drug-likeness (QED) is 0.781. The first-order valence-electron chi connectivity index (χ1n) is 4.87. The summed E-state index contributed by atoms with van der Waals surface area (Å²) in [6.45, 7) is 0. The summed E-state index contributed by atoms with van der Waals surface area (Å²) in [5.41, 5.74) is 1.20. The molecule has 2 aliphatic rings. The topological polar surface area (TPSA) is 18.5 Å². The third-order valence-electron chi connectivity index (χ3n) is 2.74. The van der Waals surface area contributed by atoms with E-state index in [1.54, 1.807) is 12.1 Å². The number of ether oxygens (including phenoxy) is 2. The van der Waals surface area contributed by atoms with Gasteiger partial charge in [-0.1, -0.05) is 28.1 Å². The van der Waals surface area contributed by atoms with Crippen molar-refractivity contribution in [1.29, 1.82) is 0 Å². The minimum Gasteiger partial charge on any atom is -0.405 e. The first-order valence-corrected chi connectivity index (χ1v) is 5.66. The summed E-state index contributed by atoms with van der Waals surface area (Å²) >= 11 is 3.32. The van der Waals surface area contributed by atoms with Crippen LogP contribution in [-0.4, -0.2) is 6.36 Å². The monoisotopic (exact) mass is 306 g/mol. The van der Waals surface area contributed by atoms with Gasteiger partial charge in [-0.2, -0.15) is 0 Å². The number of benzene rings is 1. The fraction of sp³-hybridized carbons (Fsp3) is 0.273. The first kappa shape index (κ1) is 11.1. The number of rotatable bonds is 1. The summed E-state index contributed by atoms with van der Waals surface area (Å²) in [6.07, 6.45) is -3.69. The molecular weight excluding hydrogens is 301 g/mol. The van der Waals surface area contributed by atoms with E-state index < -0.39 is 12.5 Å². The van der Waals surface area contributed by atoms with Gasteiger partial charge in [0.25, 0.3) is 0 Å². The largest absolute Gasteiger partial charge is 0.573 e. The maximum atomic E-state index is 12.2. The highest BCUT2D eigenvalue weighted by atomic mass is 79.9. The number of halogens is 4. The van der Waals surface area contributed by atoms with E-state index >= 15 is 0 Å². The number of hydrogen-bond donors (Lipinski definition) is 0. The third-order valence-corrected chi connectivity index (χ3v) is 3.42. The van der Waals surface area contributed by atoms with Crippen LogP contribution < -0.4 is 4.74 Å². The summed E-state index contributed by atoms with van der Waals surface area (Å²) in [5.74, 6) is -0.182. The van der Waals surface area contributed by atoms with Crippen LogP contribution in [0.4, 0.5) is 13.2 Å². The van der Waals surface area contributed by atoms with Gasteiger partial charge in [0.15, 0.2) is 0 Å². The fourth-order valence-electron chi connectivity index (χ4n) is 2.16. The van der Waals surface area contributed by atoms with Crippen molar-refractivity contribution >= 4 is 15.9 Å². The normalized spacial score (nSPS) is 25.8. The summed E-state index contributed by atoms with van der Waals surface area (Å²) in [4.78, 5) is 0. The van der Waals surface area contributed by atoms with Crippen LogP contribution in [0.5, 0.6) is 5.75 Å². The van der Waals surface area contributed by atoms with Crippen LogP contribution >= 0.6 is 15.9 Å². The molecule has 0 unspecified atom stereocenters. The van der Waals surface area contributed by atoms with E-state index in [4.69, 9.17) is 4.74 Å². The molecule has 0 saturated heterocycles. The van der Waals surface area contributed by atoms with Gasteiger partial charge in [-0.15, -0.1) is 13.2 Å². The van der Waals surface area contributed by atoms with Crippen molar-refractivity contribution in [2.75, 3.05) is 0 Å². The molecule has 2 atom stereocenters. The van der Waals surface area contributed by atoms with Crippen LogP contribution in [0, 0.1) is 0 Å². The SMILES string of the molecule is FC(F)(F)Oc1cccc2c1[C@H]1C=C(Br)[C@@H]2O1. The molecule has 0 fully saturated rings. The van der Waals surface area contributed by atoms with Gasteiger partial charge < -0.3 is 9.47 Å². The maximum absolute atomic E-state index is 12.2. The van der Waals surface area contributed by atoms with E-state index in [0.717, 1.165) is 10.0 Å². The Balaban J connectivity index is 2.04. The molecule has 3 rings (SSSR count). The lowest BCUT2D eigenvalue weighted by atomic mass is 9.96. The van der Waals surface area contributed by atoms with Crippen molar-refractivity contribution in [3.63, 3.8) is 0 Å². The van der Waals surface area contributed by atoms with Crippen molar-refractivity contribution in [2.45, 2.75) is 18.6 Å².